The Hall–Kier alpha value is -0.940. The van der Waals surface area contributed by atoms with Gasteiger partial charge in [0.05, 0.1) is 6.61 Å². The highest BCUT2D eigenvalue weighted by Gasteiger charge is 2.16. The molecule has 0 aliphatic rings. The van der Waals surface area contributed by atoms with Crippen LogP contribution in [0.2, 0.25) is 0 Å². The van der Waals surface area contributed by atoms with Crippen LogP contribution in [0, 0.1) is 0 Å². The van der Waals surface area contributed by atoms with Crippen molar-refractivity contribution in [2.24, 2.45) is 0 Å². The number of rotatable bonds is 4. The molecule has 64 valence electrons. The number of hydrogen-bond acceptors (Lipinski definition) is 4. The molecule has 0 spiro atoms. The van der Waals surface area contributed by atoms with Gasteiger partial charge in [0, 0.05) is 6.92 Å². The molecule has 0 aromatic heterocycles. The molecule has 0 bridgehead atoms. The minimum atomic E-state index is -0.975. The second-order valence-corrected chi connectivity index (χ2v) is 2.06. The monoisotopic (exact) mass is 161 g/mol. The fourth-order valence-corrected chi connectivity index (χ4v) is 0.584. The second-order valence-electron chi connectivity index (χ2n) is 2.06. The Kier molecular flexibility index (Phi) is 4.40. The van der Waals surface area contributed by atoms with Crippen molar-refractivity contribution in [3.8, 4) is 0 Å². The van der Waals surface area contributed by atoms with Crippen molar-refractivity contribution in [2.75, 3.05) is 13.2 Å². The number of nitrogens with one attached hydrogen (secondary N) is 1. The topological polar surface area (TPSA) is 86.6 Å². The van der Waals surface area contributed by atoms with E-state index < -0.39 is 30.9 Å². The molecule has 0 aliphatic heterocycles. The fraction of sp³-hybridized carbons (Fsp3) is 0.667. The van der Waals surface area contributed by atoms with E-state index in [4.69, 9.17) is 10.2 Å². The molecule has 0 aromatic rings. The van der Waals surface area contributed by atoms with Gasteiger partial charge in [0.2, 0.25) is 5.91 Å². The van der Waals surface area contributed by atoms with Gasteiger partial charge in [-0.2, -0.15) is 0 Å². The lowest BCUT2D eigenvalue weighted by molar-refractivity contribution is -0.129. The minimum Gasteiger partial charge on any atom is -0.394 e. The van der Waals surface area contributed by atoms with Crippen LogP contribution in [0.4, 0.5) is 0 Å². The zero-order valence-corrected chi connectivity index (χ0v) is 6.20. The largest absolute Gasteiger partial charge is 0.394 e. The van der Waals surface area contributed by atoms with Gasteiger partial charge in [0.1, 0.15) is 12.6 Å². The summed E-state index contributed by atoms with van der Waals surface area (Å²) in [5, 5.41) is 19.0. The van der Waals surface area contributed by atoms with Gasteiger partial charge in [0.25, 0.3) is 0 Å². The lowest BCUT2D eigenvalue weighted by atomic mass is 10.2. The first kappa shape index (κ1) is 10.1. The number of ketones is 1. The van der Waals surface area contributed by atoms with Crippen LogP contribution in [0.25, 0.3) is 0 Å². The van der Waals surface area contributed by atoms with E-state index in [2.05, 4.69) is 5.32 Å². The quantitative estimate of drug-likeness (QED) is 0.447. The minimum absolute atomic E-state index is 0.411. The van der Waals surface area contributed by atoms with Crippen molar-refractivity contribution in [2.45, 2.75) is 13.0 Å². The third-order valence-corrected chi connectivity index (χ3v) is 1.10. The molecular weight excluding hydrogens is 150 g/mol. The summed E-state index contributed by atoms with van der Waals surface area (Å²) in [6.07, 6.45) is 0. The number of carbonyl (C=O) groups excluding carboxylic acids is 2. The molecule has 0 saturated carbocycles. The lowest BCUT2D eigenvalue weighted by Crippen LogP contribution is -2.43. The standard InChI is InChI=1S/C6H11NO4/c1-4(10)7-5(2-8)6(11)3-9/h5,8-9H,2-3H2,1H3,(H,7,10)/t5-/m0/s1. The fourth-order valence-electron chi connectivity index (χ4n) is 0.584. The Morgan fingerprint density at radius 2 is 2.00 bits per heavy atom. The van der Waals surface area contributed by atoms with Crippen LogP contribution < -0.4 is 5.32 Å². The van der Waals surface area contributed by atoms with Gasteiger partial charge < -0.3 is 15.5 Å². The average Bonchev–Trinajstić information content (AvgIpc) is 1.98. The van der Waals surface area contributed by atoms with E-state index in [0.29, 0.717) is 0 Å². The van der Waals surface area contributed by atoms with Crippen molar-refractivity contribution in [1.29, 1.82) is 0 Å². The maximum atomic E-state index is 10.7. The van der Waals surface area contributed by atoms with Crippen molar-refractivity contribution >= 4 is 11.7 Å². The lowest BCUT2D eigenvalue weighted by Gasteiger charge is -2.11. The highest BCUT2D eigenvalue weighted by Crippen LogP contribution is 1.84. The summed E-state index contributed by atoms with van der Waals surface area (Å²) in [6, 6.07) is -0.975. The molecule has 0 radical (unpaired) electrons. The SMILES string of the molecule is CC(=O)N[C@@H](CO)C(=O)CO. The van der Waals surface area contributed by atoms with Crippen LogP contribution in [-0.4, -0.2) is 41.2 Å². The Balaban J connectivity index is 3.94. The number of aliphatic hydroxyl groups is 2. The smallest absolute Gasteiger partial charge is 0.217 e. The molecule has 5 nitrogen and oxygen atoms in total. The predicted octanol–water partition coefficient (Wildman–Crippen LogP) is -1.96. The molecule has 0 saturated heterocycles. The van der Waals surface area contributed by atoms with E-state index in [1.165, 1.54) is 6.92 Å². The van der Waals surface area contributed by atoms with Gasteiger partial charge in [-0.15, -0.1) is 0 Å². The summed E-state index contributed by atoms with van der Waals surface area (Å²) in [4.78, 5) is 21.0. The molecule has 11 heavy (non-hydrogen) atoms. The normalized spacial score (nSPS) is 12.3. The third-order valence-electron chi connectivity index (χ3n) is 1.10. The van der Waals surface area contributed by atoms with Gasteiger partial charge >= 0.3 is 0 Å². The van der Waals surface area contributed by atoms with E-state index in [0.717, 1.165) is 0 Å². The first-order valence-electron chi connectivity index (χ1n) is 3.13. The predicted molar refractivity (Wildman–Crippen MR) is 36.8 cm³/mol. The van der Waals surface area contributed by atoms with Gasteiger partial charge in [-0.1, -0.05) is 0 Å². The highest BCUT2D eigenvalue weighted by atomic mass is 16.3. The maximum Gasteiger partial charge on any atom is 0.217 e. The molecule has 0 heterocycles. The van der Waals surface area contributed by atoms with Gasteiger partial charge in [-0.25, -0.2) is 0 Å². The van der Waals surface area contributed by atoms with Crippen LogP contribution in [0.3, 0.4) is 0 Å². The highest BCUT2D eigenvalue weighted by molar-refractivity contribution is 5.89. The molecule has 5 heteroatoms. The zero-order chi connectivity index (χ0) is 8.85. The number of carbonyl (C=O) groups is 2. The summed E-state index contributed by atoms with van der Waals surface area (Å²) in [5.74, 6) is -1.01. The first-order chi connectivity index (χ1) is 5.11. The molecule has 1 amide bonds. The van der Waals surface area contributed by atoms with Crippen LogP contribution in [-0.2, 0) is 9.59 Å². The maximum absolute atomic E-state index is 10.7. The summed E-state index contributed by atoms with van der Waals surface area (Å²) >= 11 is 0. The number of hydrogen-bond donors (Lipinski definition) is 3. The van der Waals surface area contributed by atoms with E-state index in [1.54, 1.807) is 0 Å². The molecule has 3 N–H and O–H groups in total. The van der Waals surface area contributed by atoms with Crippen molar-refractivity contribution in [1.82, 2.24) is 5.32 Å². The number of Topliss-reactive ketones (excluding diaryl/α,β-unsaturated/α-hetero) is 1. The Bertz CT molecular complexity index is 157. The van der Waals surface area contributed by atoms with Gasteiger partial charge in [-0.3, -0.25) is 9.59 Å². The van der Waals surface area contributed by atoms with Crippen LogP contribution in [0.5, 0.6) is 0 Å². The van der Waals surface area contributed by atoms with Gasteiger partial charge in [-0.05, 0) is 0 Å². The van der Waals surface area contributed by atoms with E-state index in [1.807, 2.05) is 0 Å². The third kappa shape index (κ3) is 3.69. The average molecular weight is 161 g/mol. The van der Waals surface area contributed by atoms with E-state index in [9.17, 15) is 9.59 Å². The molecule has 0 fully saturated rings. The first-order valence-corrected chi connectivity index (χ1v) is 3.13. The Morgan fingerprint density at radius 3 is 2.27 bits per heavy atom. The Morgan fingerprint density at radius 1 is 1.45 bits per heavy atom. The van der Waals surface area contributed by atoms with Crippen molar-refractivity contribution in [3.63, 3.8) is 0 Å². The van der Waals surface area contributed by atoms with Crippen LogP contribution in [0.1, 0.15) is 6.92 Å². The summed E-state index contributed by atoms with van der Waals surface area (Å²) in [6.45, 7) is 0.0673. The van der Waals surface area contributed by atoms with E-state index >= 15 is 0 Å². The van der Waals surface area contributed by atoms with Crippen LogP contribution >= 0.6 is 0 Å². The van der Waals surface area contributed by atoms with Crippen LogP contribution in [0.15, 0.2) is 0 Å². The molecule has 0 rings (SSSR count). The van der Waals surface area contributed by atoms with Gasteiger partial charge in [0.15, 0.2) is 5.78 Å². The molecule has 0 aromatic carbocycles. The molecule has 0 unspecified atom stereocenters. The summed E-state index contributed by atoms with van der Waals surface area (Å²) < 4.78 is 0. The zero-order valence-electron chi connectivity index (χ0n) is 6.20. The van der Waals surface area contributed by atoms with E-state index in [-0.39, 0.29) is 0 Å². The molecular formula is C6H11NO4. The van der Waals surface area contributed by atoms with Crippen molar-refractivity contribution < 1.29 is 19.8 Å². The Labute approximate surface area is 64.0 Å². The summed E-state index contributed by atoms with van der Waals surface area (Å²) in [5.41, 5.74) is 0. The van der Waals surface area contributed by atoms with Crippen molar-refractivity contribution in [3.05, 3.63) is 0 Å². The molecule has 0 aliphatic carbocycles. The summed E-state index contributed by atoms with van der Waals surface area (Å²) in [7, 11) is 0. The molecule has 1 atom stereocenters. The second kappa shape index (κ2) is 4.81. The number of aliphatic hydroxyl groups excluding tert-OH is 2. The number of amides is 1.